The van der Waals surface area contributed by atoms with Gasteiger partial charge in [0.2, 0.25) is 5.91 Å². The Kier molecular flexibility index (Phi) is 9.17. The summed E-state index contributed by atoms with van der Waals surface area (Å²) in [6.07, 6.45) is 6.56. The standard InChI is InChI=1S/C35H42F2N8O3/c1-4-35(46)41-28-16-29(40-33-18-34(39-21-38-33)45-30(8-11-48-45)22-12-23(36)14-24(37)13-22)32(47-3)17-31(28)43-9-6-25(7-10-43)44-20-26-15-27(44)19-42(26)5-2/h4,12-14,16-18,21,25-27,30H,1,5-11,15,19-20H2,2-3H3,(H,41,46)(H,38,39,40)/t26-,27-,30+/m0/s1. The van der Waals surface area contributed by atoms with Gasteiger partial charge in [-0.15, -0.1) is 0 Å². The number of anilines is 5. The highest BCUT2D eigenvalue weighted by molar-refractivity contribution is 6.02. The number of hydrogen-bond donors (Lipinski definition) is 2. The molecule has 0 aliphatic carbocycles. The van der Waals surface area contributed by atoms with Crippen molar-refractivity contribution in [1.29, 1.82) is 0 Å². The maximum Gasteiger partial charge on any atom is 0.247 e. The number of likely N-dealkylation sites (tertiary alicyclic amines) is 2. The third-order valence-corrected chi connectivity index (χ3v) is 10.2. The molecule has 1 amide bonds. The molecule has 0 spiro atoms. The first kappa shape index (κ1) is 32.2. The van der Waals surface area contributed by atoms with Crippen LogP contribution in [0.3, 0.4) is 0 Å². The average molecular weight is 661 g/mol. The van der Waals surface area contributed by atoms with Gasteiger partial charge in [-0.25, -0.2) is 23.8 Å². The normalized spacial score (nSPS) is 23.1. The highest BCUT2D eigenvalue weighted by atomic mass is 19.1. The number of fused-ring (bicyclic) bond motifs is 2. The van der Waals surface area contributed by atoms with Gasteiger partial charge in [0.25, 0.3) is 0 Å². The van der Waals surface area contributed by atoms with Gasteiger partial charge in [0, 0.05) is 68.9 Å². The number of ether oxygens (including phenoxy) is 1. The molecule has 3 atom stereocenters. The van der Waals surface area contributed by atoms with Gasteiger partial charge in [0.15, 0.2) is 5.82 Å². The largest absolute Gasteiger partial charge is 0.494 e. The number of hydrogen-bond acceptors (Lipinski definition) is 10. The third kappa shape index (κ3) is 6.41. The Balaban J connectivity index is 1.10. The lowest BCUT2D eigenvalue weighted by molar-refractivity contribution is -0.111. The molecule has 11 nitrogen and oxygen atoms in total. The van der Waals surface area contributed by atoms with Crippen molar-refractivity contribution in [2.75, 3.05) is 67.0 Å². The van der Waals surface area contributed by atoms with Crippen LogP contribution in [-0.2, 0) is 9.63 Å². The van der Waals surface area contributed by atoms with Crippen molar-refractivity contribution in [3.05, 3.63) is 72.6 Å². The molecule has 5 heterocycles. The molecule has 4 saturated heterocycles. The average Bonchev–Trinajstić information content (AvgIpc) is 3.85. The second-order valence-electron chi connectivity index (χ2n) is 12.9. The van der Waals surface area contributed by atoms with Crippen LogP contribution in [0.1, 0.15) is 44.2 Å². The monoisotopic (exact) mass is 660 g/mol. The van der Waals surface area contributed by atoms with Crippen LogP contribution in [-0.4, -0.2) is 90.2 Å². The van der Waals surface area contributed by atoms with Crippen molar-refractivity contribution in [3.63, 3.8) is 0 Å². The first-order valence-corrected chi connectivity index (χ1v) is 16.7. The zero-order chi connectivity index (χ0) is 33.4. The first-order valence-electron chi connectivity index (χ1n) is 16.7. The predicted octanol–water partition coefficient (Wildman–Crippen LogP) is 5.26. The number of hydroxylamine groups is 1. The molecule has 2 N–H and O–H groups in total. The summed E-state index contributed by atoms with van der Waals surface area (Å²) in [5.74, 6) is -0.177. The summed E-state index contributed by atoms with van der Waals surface area (Å²) >= 11 is 0. The fraction of sp³-hybridized carbons (Fsp3) is 0.457. The zero-order valence-corrected chi connectivity index (χ0v) is 27.4. The smallest absolute Gasteiger partial charge is 0.247 e. The van der Waals surface area contributed by atoms with E-state index in [1.807, 2.05) is 12.1 Å². The van der Waals surface area contributed by atoms with Crippen LogP contribution in [0.5, 0.6) is 5.75 Å². The lowest BCUT2D eigenvalue weighted by Gasteiger charge is -2.43. The summed E-state index contributed by atoms with van der Waals surface area (Å²) in [4.78, 5) is 34.9. The van der Waals surface area contributed by atoms with Crippen molar-refractivity contribution >= 4 is 34.6 Å². The minimum Gasteiger partial charge on any atom is -0.494 e. The van der Waals surface area contributed by atoms with Crippen molar-refractivity contribution in [2.45, 2.75) is 56.8 Å². The molecule has 7 rings (SSSR count). The molecule has 0 unspecified atom stereocenters. The lowest BCUT2D eigenvalue weighted by Crippen LogP contribution is -2.53. The number of aromatic nitrogens is 2. The van der Waals surface area contributed by atoms with Crippen LogP contribution in [0.15, 0.2) is 55.4 Å². The number of carbonyl (C=O) groups is 1. The molecule has 4 aliphatic heterocycles. The Hall–Kier alpha value is -4.33. The number of carbonyl (C=O) groups excluding carboxylic acids is 1. The number of piperidine rings is 1. The van der Waals surface area contributed by atoms with Crippen LogP contribution in [0.25, 0.3) is 0 Å². The molecular formula is C35H42F2N8O3. The summed E-state index contributed by atoms with van der Waals surface area (Å²) < 4.78 is 33.9. The topological polar surface area (TPSA) is 98.3 Å². The predicted molar refractivity (Wildman–Crippen MR) is 181 cm³/mol. The zero-order valence-electron chi connectivity index (χ0n) is 27.4. The number of amides is 1. The van der Waals surface area contributed by atoms with Gasteiger partial charge in [-0.05, 0) is 55.6 Å². The summed E-state index contributed by atoms with van der Waals surface area (Å²) in [6, 6.07) is 10.4. The van der Waals surface area contributed by atoms with Gasteiger partial charge in [-0.3, -0.25) is 19.4 Å². The van der Waals surface area contributed by atoms with E-state index in [0.717, 1.165) is 50.8 Å². The van der Waals surface area contributed by atoms with Crippen LogP contribution in [0.2, 0.25) is 0 Å². The Morgan fingerprint density at radius 3 is 2.50 bits per heavy atom. The highest BCUT2D eigenvalue weighted by Crippen LogP contribution is 2.42. The van der Waals surface area contributed by atoms with Crippen LogP contribution >= 0.6 is 0 Å². The Morgan fingerprint density at radius 2 is 1.81 bits per heavy atom. The summed E-state index contributed by atoms with van der Waals surface area (Å²) in [7, 11) is 1.60. The number of nitrogens with one attached hydrogen (secondary N) is 2. The van der Waals surface area contributed by atoms with Gasteiger partial charge in [0.05, 0.1) is 36.8 Å². The molecule has 48 heavy (non-hydrogen) atoms. The number of methoxy groups -OCH3 is 1. The quantitative estimate of drug-likeness (QED) is 0.280. The van der Waals surface area contributed by atoms with Crippen molar-refractivity contribution in [3.8, 4) is 5.75 Å². The van der Waals surface area contributed by atoms with Crippen LogP contribution < -0.4 is 25.3 Å². The Morgan fingerprint density at radius 1 is 1.02 bits per heavy atom. The summed E-state index contributed by atoms with van der Waals surface area (Å²) in [5, 5.41) is 7.85. The molecule has 254 valence electrons. The molecule has 1 aromatic heterocycles. The number of likely N-dealkylation sites (N-methyl/N-ethyl adjacent to an activating group) is 1. The number of halogens is 2. The summed E-state index contributed by atoms with van der Waals surface area (Å²) in [5.41, 5.74) is 2.55. The molecule has 4 aliphatic rings. The molecule has 0 radical (unpaired) electrons. The van der Waals surface area contributed by atoms with Crippen LogP contribution in [0.4, 0.5) is 37.5 Å². The van der Waals surface area contributed by atoms with Gasteiger partial charge in [-0.2, -0.15) is 0 Å². The number of benzene rings is 2. The van der Waals surface area contributed by atoms with E-state index in [1.165, 1.54) is 37.5 Å². The third-order valence-electron chi connectivity index (χ3n) is 10.2. The van der Waals surface area contributed by atoms with E-state index in [-0.39, 0.29) is 5.91 Å². The number of nitrogens with zero attached hydrogens (tertiary/aromatic N) is 6. The maximum atomic E-state index is 14.0. The second-order valence-corrected chi connectivity index (χ2v) is 12.9. The number of rotatable bonds is 10. The molecular weight excluding hydrogens is 618 g/mol. The molecule has 2 bridgehead atoms. The number of piperazine rings is 1. The fourth-order valence-electron chi connectivity index (χ4n) is 7.87. The van der Waals surface area contributed by atoms with Crippen molar-refractivity contribution in [1.82, 2.24) is 19.8 Å². The van der Waals surface area contributed by atoms with E-state index < -0.39 is 17.7 Å². The van der Waals surface area contributed by atoms with E-state index in [2.05, 4.69) is 48.8 Å². The van der Waals surface area contributed by atoms with E-state index in [4.69, 9.17) is 9.57 Å². The van der Waals surface area contributed by atoms with Crippen molar-refractivity contribution < 1.29 is 23.1 Å². The fourth-order valence-corrected chi connectivity index (χ4v) is 7.87. The minimum absolute atomic E-state index is 0.314. The lowest BCUT2D eigenvalue weighted by atomic mass is 10.0. The first-order chi connectivity index (χ1) is 23.3. The SMILES string of the molecule is C=CC(=O)Nc1cc(Nc2cc(N3OCC[C@@H]3c3cc(F)cc(F)c3)ncn2)c(OC)cc1N1CCC(N2C[C@@H]3C[C@H]2CN3CC)CC1. The van der Waals surface area contributed by atoms with Gasteiger partial charge < -0.3 is 20.3 Å². The maximum absolute atomic E-state index is 14.0. The van der Waals surface area contributed by atoms with Gasteiger partial charge in [-0.1, -0.05) is 13.5 Å². The van der Waals surface area contributed by atoms with Gasteiger partial charge >= 0.3 is 0 Å². The van der Waals surface area contributed by atoms with E-state index >= 15 is 0 Å². The molecule has 0 saturated carbocycles. The molecule has 13 heteroatoms. The minimum atomic E-state index is -0.650. The molecule has 3 aromatic rings. The molecule has 4 fully saturated rings. The highest BCUT2D eigenvalue weighted by Gasteiger charge is 2.45. The van der Waals surface area contributed by atoms with Gasteiger partial charge in [0.1, 0.15) is 29.5 Å². The Bertz CT molecular complexity index is 1650. The van der Waals surface area contributed by atoms with Crippen LogP contribution in [0, 0.1) is 11.6 Å². The molecule has 2 aromatic carbocycles. The summed E-state index contributed by atoms with van der Waals surface area (Å²) in [6.45, 7) is 11.5. The van der Waals surface area contributed by atoms with E-state index in [9.17, 15) is 13.6 Å². The van der Waals surface area contributed by atoms with E-state index in [0.29, 0.717) is 65.5 Å². The second kappa shape index (κ2) is 13.7. The van der Waals surface area contributed by atoms with E-state index in [1.54, 1.807) is 18.2 Å². The Labute approximate surface area is 279 Å². The van der Waals surface area contributed by atoms with Crippen molar-refractivity contribution in [2.24, 2.45) is 0 Å².